The summed E-state index contributed by atoms with van der Waals surface area (Å²) in [6, 6.07) is 12.8. The highest BCUT2D eigenvalue weighted by Gasteiger charge is 2.14. The van der Waals surface area contributed by atoms with Gasteiger partial charge in [0.25, 0.3) is 5.91 Å². The third kappa shape index (κ3) is 5.14. The first-order valence-corrected chi connectivity index (χ1v) is 9.44. The summed E-state index contributed by atoms with van der Waals surface area (Å²) in [5, 5.41) is 2.90. The predicted octanol–water partition coefficient (Wildman–Crippen LogP) is 3.54. The lowest BCUT2D eigenvalue weighted by Crippen LogP contribution is -2.36. The van der Waals surface area contributed by atoms with Crippen LogP contribution < -0.4 is 20.7 Å². The maximum Gasteiger partial charge on any atom is 0.255 e. The third-order valence-corrected chi connectivity index (χ3v) is 4.52. The standard InChI is InChI=1S/C21H27N3O3/c1-2-3-12-27-18-7-4-16(5-8-18)21(25)23-17-6-9-20(19(22)15-17)24-10-13-26-14-11-24/h4-9,15H,2-3,10-14,22H2,1H3,(H,23,25). The molecule has 0 unspecified atom stereocenters. The van der Waals surface area contributed by atoms with Crippen LogP contribution >= 0.6 is 0 Å². The molecule has 0 atom stereocenters. The van der Waals surface area contributed by atoms with Crippen molar-refractivity contribution in [1.82, 2.24) is 0 Å². The number of hydrogen-bond donors (Lipinski definition) is 2. The molecule has 1 heterocycles. The minimum atomic E-state index is -0.173. The van der Waals surface area contributed by atoms with Gasteiger partial charge in [-0.3, -0.25) is 4.79 Å². The Morgan fingerprint density at radius 2 is 1.93 bits per heavy atom. The average Bonchev–Trinajstić information content (AvgIpc) is 2.69. The summed E-state index contributed by atoms with van der Waals surface area (Å²) in [7, 11) is 0. The molecule has 27 heavy (non-hydrogen) atoms. The van der Waals surface area contributed by atoms with E-state index in [0.29, 0.717) is 36.8 Å². The minimum Gasteiger partial charge on any atom is -0.494 e. The summed E-state index contributed by atoms with van der Waals surface area (Å²) < 4.78 is 11.0. The van der Waals surface area contributed by atoms with Gasteiger partial charge >= 0.3 is 0 Å². The highest BCUT2D eigenvalue weighted by Crippen LogP contribution is 2.27. The Morgan fingerprint density at radius 3 is 2.59 bits per heavy atom. The molecule has 1 fully saturated rings. The number of hydrogen-bond acceptors (Lipinski definition) is 5. The maximum absolute atomic E-state index is 12.5. The molecule has 2 aromatic rings. The Kier molecular flexibility index (Phi) is 6.54. The molecule has 1 amide bonds. The van der Waals surface area contributed by atoms with Gasteiger partial charge in [-0.15, -0.1) is 0 Å². The van der Waals surface area contributed by atoms with Crippen LogP contribution in [0.25, 0.3) is 0 Å². The van der Waals surface area contributed by atoms with Crippen molar-refractivity contribution in [3.63, 3.8) is 0 Å². The summed E-state index contributed by atoms with van der Waals surface area (Å²) in [6.07, 6.45) is 2.11. The van der Waals surface area contributed by atoms with Crippen molar-refractivity contribution >= 4 is 23.0 Å². The van der Waals surface area contributed by atoms with Crippen molar-refractivity contribution in [1.29, 1.82) is 0 Å². The molecule has 144 valence electrons. The molecule has 3 N–H and O–H groups in total. The van der Waals surface area contributed by atoms with Gasteiger partial charge in [0.15, 0.2) is 0 Å². The Bertz CT molecular complexity index is 756. The van der Waals surface area contributed by atoms with Gasteiger partial charge in [0.05, 0.1) is 31.2 Å². The second-order valence-corrected chi connectivity index (χ2v) is 6.55. The van der Waals surface area contributed by atoms with Crippen LogP contribution in [-0.4, -0.2) is 38.8 Å². The Hall–Kier alpha value is -2.73. The zero-order chi connectivity index (χ0) is 19.1. The highest BCUT2D eigenvalue weighted by molar-refractivity contribution is 6.04. The van der Waals surface area contributed by atoms with Crippen molar-refractivity contribution in [2.24, 2.45) is 0 Å². The number of amides is 1. The minimum absolute atomic E-state index is 0.173. The second-order valence-electron chi connectivity index (χ2n) is 6.55. The predicted molar refractivity (Wildman–Crippen MR) is 109 cm³/mol. The molecule has 1 aliphatic rings. The lowest BCUT2D eigenvalue weighted by Gasteiger charge is -2.30. The number of benzene rings is 2. The van der Waals surface area contributed by atoms with Crippen molar-refractivity contribution in [3.8, 4) is 5.75 Å². The molecule has 1 saturated heterocycles. The third-order valence-electron chi connectivity index (χ3n) is 4.52. The lowest BCUT2D eigenvalue weighted by molar-refractivity contribution is 0.102. The van der Waals surface area contributed by atoms with E-state index in [1.807, 2.05) is 24.3 Å². The van der Waals surface area contributed by atoms with Crippen molar-refractivity contribution < 1.29 is 14.3 Å². The van der Waals surface area contributed by atoms with E-state index in [0.717, 1.165) is 37.4 Å². The van der Waals surface area contributed by atoms with Crippen LogP contribution in [0, 0.1) is 0 Å². The second kappa shape index (κ2) is 9.28. The van der Waals surface area contributed by atoms with Crippen LogP contribution in [-0.2, 0) is 4.74 Å². The molecule has 2 aromatic carbocycles. The van der Waals surface area contributed by atoms with Gasteiger partial charge in [-0.05, 0) is 48.9 Å². The molecule has 0 bridgehead atoms. The zero-order valence-corrected chi connectivity index (χ0v) is 15.7. The van der Waals surface area contributed by atoms with E-state index < -0.39 is 0 Å². The van der Waals surface area contributed by atoms with Crippen LogP contribution in [0.1, 0.15) is 30.1 Å². The van der Waals surface area contributed by atoms with Crippen molar-refractivity contribution in [3.05, 3.63) is 48.0 Å². The van der Waals surface area contributed by atoms with Crippen LogP contribution in [0.2, 0.25) is 0 Å². The number of anilines is 3. The number of ether oxygens (including phenoxy) is 2. The van der Waals surface area contributed by atoms with Gasteiger partial charge in [0, 0.05) is 24.3 Å². The fourth-order valence-electron chi connectivity index (χ4n) is 2.96. The molecular weight excluding hydrogens is 342 g/mol. The molecule has 6 heteroatoms. The van der Waals surface area contributed by atoms with E-state index in [9.17, 15) is 4.79 Å². The Balaban J connectivity index is 1.61. The van der Waals surface area contributed by atoms with Crippen molar-refractivity contribution in [2.75, 3.05) is 48.9 Å². The first-order valence-electron chi connectivity index (χ1n) is 9.44. The van der Waals surface area contributed by atoms with E-state index in [1.165, 1.54) is 0 Å². The van der Waals surface area contributed by atoms with Crippen molar-refractivity contribution in [2.45, 2.75) is 19.8 Å². The van der Waals surface area contributed by atoms with Crippen LogP contribution in [0.15, 0.2) is 42.5 Å². The largest absolute Gasteiger partial charge is 0.494 e. The van der Waals surface area contributed by atoms with Gasteiger partial charge in [0.2, 0.25) is 0 Å². The number of nitrogens with two attached hydrogens (primary N) is 1. The van der Waals surface area contributed by atoms with Crippen LogP contribution in [0.3, 0.4) is 0 Å². The summed E-state index contributed by atoms with van der Waals surface area (Å²) in [6.45, 7) is 5.87. The van der Waals surface area contributed by atoms with Gasteiger partial charge in [-0.1, -0.05) is 13.3 Å². The fourth-order valence-corrected chi connectivity index (χ4v) is 2.96. The number of nitrogens with zero attached hydrogens (tertiary/aromatic N) is 1. The van der Waals surface area contributed by atoms with Gasteiger partial charge in [0.1, 0.15) is 5.75 Å². The van der Waals surface area contributed by atoms with E-state index in [1.54, 1.807) is 18.2 Å². The number of carbonyl (C=O) groups excluding carboxylic acids is 1. The number of nitrogen functional groups attached to an aromatic ring is 1. The molecule has 0 radical (unpaired) electrons. The number of nitrogens with one attached hydrogen (secondary N) is 1. The highest BCUT2D eigenvalue weighted by atomic mass is 16.5. The van der Waals surface area contributed by atoms with E-state index in [2.05, 4.69) is 17.1 Å². The summed E-state index contributed by atoms with van der Waals surface area (Å²) in [4.78, 5) is 14.7. The number of morpholine rings is 1. The number of unbranched alkanes of at least 4 members (excludes halogenated alkanes) is 1. The van der Waals surface area contributed by atoms with Crippen LogP contribution in [0.5, 0.6) is 5.75 Å². The molecule has 6 nitrogen and oxygen atoms in total. The molecule has 3 rings (SSSR count). The molecule has 0 aliphatic carbocycles. The first-order chi connectivity index (χ1) is 13.2. The normalized spacial score (nSPS) is 14.0. The molecule has 0 spiro atoms. The number of carbonyl (C=O) groups is 1. The summed E-state index contributed by atoms with van der Waals surface area (Å²) in [5.74, 6) is 0.604. The summed E-state index contributed by atoms with van der Waals surface area (Å²) >= 11 is 0. The first kappa shape index (κ1) is 19.0. The van der Waals surface area contributed by atoms with E-state index >= 15 is 0 Å². The smallest absolute Gasteiger partial charge is 0.255 e. The van der Waals surface area contributed by atoms with E-state index in [-0.39, 0.29) is 5.91 Å². The molecule has 1 aliphatic heterocycles. The topological polar surface area (TPSA) is 76.8 Å². The molecule has 0 aromatic heterocycles. The fraction of sp³-hybridized carbons (Fsp3) is 0.381. The quantitative estimate of drug-likeness (QED) is 0.577. The van der Waals surface area contributed by atoms with Gasteiger partial charge in [-0.2, -0.15) is 0 Å². The Labute approximate surface area is 160 Å². The maximum atomic E-state index is 12.5. The zero-order valence-electron chi connectivity index (χ0n) is 15.7. The van der Waals surface area contributed by atoms with Gasteiger partial charge in [-0.25, -0.2) is 0 Å². The van der Waals surface area contributed by atoms with Gasteiger partial charge < -0.3 is 25.4 Å². The Morgan fingerprint density at radius 1 is 1.19 bits per heavy atom. The van der Waals surface area contributed by atoms with E-state index in [4.69, 9.17) is 15.2 Å². The van der Waals surface area contributed by atoms with Crippen LogP contribution in [0.4, 0.5) is 17.1 Å². The number of rotatable bonds is 7. The monoisotopic (exact) mass is 369 g/mol. The molecular formula is C21H27N3O3. The summed E-state index contributed by atoms with van der Waals surface area (Å²) in [5.41, 5.74) is 9.07. The lowest BCUT2D eigenvalue weighted by atomic mass is 10.1. The molecule has 0 saturated carbocycles. The SMILES string of the molecule is CCCCOc1ccc(C(=O)Nc2ccc(N3CCOCC3)c(N)c2)cc1. The average molecular weight is 369 g/mol.